The van der Waals surface area contributed by atoms with E-state index in [-0.39, 0.29) is 23.6 Å². The van der Waals surface area contributed by atoms with E-state index in [2.05, 4.69) is 0 Å². The van der Waals surface area contributed by atoms with Crippen molar-refractivity contribution in [2.75, 3.05) is 6.54 Å². The highest BCUT2D eigenvalue weighted by molar-refractivity contribution is 6.09. The van der Waals surface area contributed by atoms with Gasteiger partial charge < -0.3 is 30.2 Å². The Morgan fingerprint density at radius 3 is 2.31 bits per heavy atom. The van der Waals surface area contributed by atoms with Gasteiger partial charge in [0.1, 0.15) is 23.0 Å². The third kappa shape index (κ3) is 4.29. The van der Waals surface area contributed by atoms with Crippen LogP contribution in [0.15, 0.2) is 60.7 Å². The first-order valence-corrected chi connectivity index (χ1v) is 10.2. The zero-order valence-corrected chi connectivity index (χ0v) is 18.0. The number of phenols is 1. The normalized spacial score (nSPS) is 17.4. The first-order valence-electron chi connectivity index (χ1n) is 10.2. The molecule has 1 spiro atoms. The van der Waals surface area contributed by atoms with Gasteiger partial charge in [0, 0.05) is 11.5 Å². The van der Waals surface area contributed by atoms with Gasteiger partial charge in [-0.15, -0.1) is 0 Å². The molecule has 186 valence electrons. The molecule has 1 aliphatic heterocycles. The van der Waals surface area contributed by atoms with Crippen LogP contribution < -0.4 is 19.9 Å². The molecule has 36 heavy (non-hydrogen) atoms. The van der Waals surface area contributed by atoms with Gasteiger partial charge in [0.05, 0.1) is 23.1 Å². The Bertz CT molecular complexity index is 1420. The molecule has 4 N–H and O–H groups in total. The van der Waals surface area contributed by atoms with Crippen molar-refractivity contribution >= 4 is 28.5 Å². The summed E-state index contributed by atoms with van der Waals surface area (Å²) < 4.78 is 49.5. The second kappa shape index (κ2) is 8.89. The number of carbonyl (C=O) groups excluding carboxylic acids is 2. The van der Waals surface area contributed by atoms with Crippen LogP contribution in [0.25, 0.3) is 10.8 Å². The van der Waals surface area contributed by atoms with Crippen molar-refractivity contribution in [1.82, 2.24) is 0 Å². The summed E-state index contributed by atoms with van der Waals surface area (Å²) in [6.07, 6.45) is -2.23. The van der Waals surface area contributed by atoms with E-state index < -0.39 is 23.9 Å². The molecule has 0 saturated carbocycles. The Hall–Kier alpha value is -4.58. The highest BCUT2D eigenvalue weighted by atomic mass is 19.4. The lowest BCUT2D eigenvalue weighted by molar-refractivity contribution is -0.192. The molecule has 1 heterocycles. The first kappa shape index (κ1) is 24.5. The number of aliphatic carboxylic acids is 1. The molecular weight excluding hydrogens is 487 g/mol. The SMILES string of the molecule is NCC(=O)Oc1ccc2c3c(cccc13)OC1(C=CC(=O)c3c(O)cccc31)O2.O=C(O)C(F)(F)F. The van der Waals surface area contributed by atoms with Crippen LogP contribution in [0.1, 0.15) is 15.9 Å². The topological polar surface area (TPSA) is 145 Å². The summed E-state index contributed by atoms with van der Waals surface area (Å²) in [6, 6.07) is 13.3. The number of esters is 1. The van der Waals surface area contributed by atoms with Gasteiger partial charge >= 0.3 is 18.1 Å². The van der Waals surface area contributed by atoms with E-state index in [1.54, 1.807) is 42.5 Å². The molecule has 0 fully saturated rings. The van der Waals surface area contributed by atoms with Gasteiger partial charge in [0.2, 0.25) is 0 Å². The fourth-order valence-corrected chi connectivity index (χ4v) is 3.71. The highest BCUT2D eigenvalue weighted by Gasteiger charge is 2.45. The van der Waals surface area contributed by atoms with Gasteiger partial charge in [0.15, 0.2) is 5.78 Å². The fraction of sp³-hybridized carbons (Fsp3) is 0.125. The average Bonchev–Trinajstić information content (AvgIpc) is 2.83. The van der Waals surface area contributed by atoms with Crippen molar-refractivity contribution in [3.05, 3.63) is 71.8 Å². The van der Waals surface area contributed by atoms with Crippen molar-refractivity contribution in [2.24, 2.45) is 5.73 Å². The molecule has 9 nitrogen and oxygen atoms in total. The maximum absolute atomic E-state index is 12.3. The molecule has 3 aromatic rings. The van der Waals surface area contributed by atoms with Gasteiger partial charge in [-0.25, -0.2) is 4.79 Å². The number of carbonyl (C=O) groups is 3. The maximum atomic E-state index is 12.3. The Morgan fingerprint density at radius 1 is 1.03 bits per heavy atom. The van der Waals surface area contributed by atoms with Crippen molar-refractivity contribution < 1.29 is 52.0 Å². The van der Waals surface area contributed by atoms with Crippen LogP contribution in [0.5, 0.6) is 23.0 Å². The minimum atomic E-state index is -5.08. The monoisotopic (exact) mass is 503 g/mol. The van der Waals surface area contributed by atoms with E-state index in [9.17, 15) is 27.9 Å². The van der Waals surface area contributed by atoms with Crippen LogP contribution in [0, 0.1) is 0 Å². The standard InChI is InChI=1S/C22H15NO6.C2HF3O2/c23-11-19(26)27-16-7-8-18-20-12(16)3-1-6-17(20)28-22(29-18)10-9-15(25)21-13(22)4-2-5-14(21)24;3-2(4,5)1(6)7/h1-10,24H,11,23H2;(H,6,7). The number of fused-ring (bicyclic) bond motifs is 2. The summed E-state index contributed by atoms with van der Waals surface area (Å²) in [4.78, 5) is 32.9. The molecule has 1 atom stereocenters. The zero-order valence-electron chi connectivity index (χ0n) is 18.0. The lowest BCUT2D eigenvalue weighted by atomic mass is 9.89. The number of carboxylic acids is 1. The number of hydrogen-bond donors (Lipinski definition) is 3. The summed E-state index contributed by atoms with van der Waals surface area (Å²) in [5.41, 5.74) is 5.89. The molecule has 2 aliphatic rings. The van der Waals surface area contributed by atoms with Crippen molar-refractivity contribution in [2.45, 2.75) is 12.0 Å². The van der Waals surface area contributed by atoms with Gasteiger partial charge in [-0.05, 0) is 36.4 Å². The van der Waals surface area contributed by atoms with E-state index in [1.165, 1.54) is 18.2 Å². The second-order valence-corrected chi connectivity index (χ2v) is 7.49. The van der Waals surface area contributed by atoms with Crippen LogP contribution in [0.3, 0.4) is 0 Å². The molecular formula is C24H16F3NO8. The number of rotatable bonds is 2. The number of alkyl halides is 3. The second-order valence-electron chi connectivity index (χ2n) is 7.49. The van der Waals surface area contributed by atoms with Crippen LogP contribution in [0.4, 0.5) is 13.2 Å². The van der Waals surface area contributed by atoms with E-state index in [0.717, 1.165) is 0 Å². The van der Waals surface area contributed by atoms with Gasteiger partial charge in [-0.1, -0.05) is 18.2 Å². The summed E-state index contributed by atoms with van der Waals surface area (Å²) >= 11 is 0. The zero-order chi connectivity index (χ0) is 26.3. The molecule has 0 saturated heterocycles. The number of nitrogens with two attached hydrogens (primary N) is 1. The van der Waals surface area contributed by atoms with Crippen LogP contribution in [0.2, 0.25) is 0 Å². The summed E-state index contributed by atoms with van der Waals surface area (Å²) in [7, 11) is 0. The van der Waals surface area contributed by atoms with E-state index in [0.29, 0.717) is 33.6 Å². The van der Waals surface area contributed by atoms with E-state index >= 15 is 0 Å². The van der Waals surface area contributed by atoms with Gasteiger partial charge in [0.25, 0.3) is 5.79 Å². The lowest BCUT2D eigenvalue weighted by Gasteiger charge is -2.39. The third-order valence-corrected chi connectivity index (χ3v) is 5.20. The quantitative estimate of drug-likeness (QED) is 0.354. The third-order valence-electron chi connectivity index (χ3n) is 5.20. The number of halogens is 3. The number of hydrogen-bond acceptors (Lipinski definition) is 8. The number of phenolic OH excluding ortho intramolecular Hbond substituents is 1. The Labute approximate surface area is 200 Å². The van der Waals surface area contributed by atoms with Gasteiger partial charge in [-0.3, -0.25) is 9.59 Å². The van der Waals surface area contributed by atoms with Crippen LogP contribution in [-0.2, 0) is 15.4 Å². The molecule has 12 heteroatoms. The predicted molar refractivity (Wildman–Crippen MR) is 117 cm³/mol. The van der Waals surface area contributed by atoms with Crippen molar-refractivity contribution in [1.29, 1.82) is 0 Å². The molecule has 3 aromatic carbocycles. The minimum Gasteiger partial charge on any atom is -0.507 e. The smallest absolute Gasteiger partial charge is 0.490 e. The average molecular weight is 503 g/mol. The lowest BCUT2D eigenvalue weighted by Crippen LogP contribution is -2.42. The summed E-state index contributed by atoms with van der Waals surface area (Å²) in [5, 5.41) is 18.6. The molecule has 0 aromatic heterocycles. The number of carboxylic acid groups (broad SMARTS) is 1. The fourth-order valence-electron chi connectivity index (χ4n) is 3.71. The molecule has 0 amide bonds. The Morgan fingerprint density at radius 2 is 1.67 bits per heavy atom. The number of allylic oxidation sites excluding steroid dienone is 1. The molecule has 0 bridgehead atoms. The Kier molecular flexibility index (Phi) is 6.06. The number of ketones is 1. The van der Waals surface area contributed by atoms with Crippen molar-refractivity contribution in [3.8, 4) is 23.0 Å². The number of benzene rings is 3. The largest absolute Gasteiger partial charge is 0.507 e. The maximum Gasteiger partial charge on any atom is 0.490 e. The van der Waals surface area contributed by atoms with Crippen LogP contribution in [-0.4, -0.2) is 40.7 Å². The number of ether oxygens (including phenoxy) is 3. The van der Waals surface area contributed by atoms with Crippen LogP contribution >= 0.6 is 0 Å². The summed E-state index contributed by atoms with van der Waals surface area (Å²) in [5.74, 6) is -3.87. The van der Waals surface area contributed by atoms with E-state index in [4.69, 9.17) is 29.8 Å². The molecule has 0 radical (unpaired) electrons. The minimum absolute atomic E-state index is 0.138. The molecule has 1 aliphatic carbocycles. The Balaban J connectivity index is 0.000000384. The number of aromatic hydroxyl groups is 1. The predicted octanol–water partition coefficient (Wildman–Crippen LogP) is 3.42. The molecule has 5 rings (SSSR count). The van der Waals surface area contributed by atoms with Gasteiger partial charge in [-0.2, -0.15) is 13.2 Å². The molecule has 1 unspecified atom stereocenters. The summed E-state index contributed by atoms with van der Waals surface area (Å²) in [6.45, 7) is -0.238. The van der Waals surface area contributed by atoms with E-state index in [1.807, 2.05) is 0 Å². The highest BCUT2D eigenvalue weighted by Crippen LogP contribution is 2.50. The van der Waals surface area contributed by atoms with Crippen molar-refractivity contribution in [3.63, 3.8) is 0 Å². The first-order chi connectivity index (χ1) is 17.0.